The molecule has 114 valence electrons. The molecule has 2 nitrogen and oxygen atoms in total. The SMILES string of the molecule is CCC[C@]1(C2=N[C@@H](C(C)C)CO2)CCCc2ccccc21. The van der Waals surface area contributed by atoms with E-state index in [0.717, 1.165) is 18.9 Å². The first-order valence-electron chi connectivity index (χ1n) is 8.47. The highest BCUT2D eigenvalue weighted by atomic mass is 16.5. The summed E-state index contributed by atoms with van der Waals surface area (Å²) >= 11 is 0. The maximum Gasteiger partial charge on any atom is 0.194 e. The minimum absolute atomic E-state index is 0.0350. The summed E-state index contributed by atoms with van der Waals surface area (Å²) in [6.07, 6.45) is 5.94. The molecule has 3 rings (SSSR count). The van der Waals surface area contributed by atoms with Crippen molar-refractivity contribution in [2.24, 2.45) is 10.9 Å². The zero-order valence-electron chi connectivity index (χ0n) is 13.6. The van der Waals surface area contributed by atoms with Crippen molar-refractivity contribution in [3.05, 3.63) is 35.4 Å². The Morgan fingerprint density at radius 3 is 2.86 bits per heavy atom. The van der Waals surface area contributed by atoms with Crippen molar-refractivity contribution in [1.29, 1.82) is 0 Å². The molecule has 0 saturated heterocycles. The zero-order valence-corrected chi connectivity index (χ0v) is 13.6. The molecule has 1 aromatic carbocycles. The van der Waals surface area contributed by atoms with Gasteiger partial charge in [-0.25, -0.2) is 4.99 Å². The first-order chi connectivity index (χ1) is 10.2. The van der Waals surface area contributed by atoms with E-state index in [-0.39, 0.29) is 5.41 Å². The van der Waals surface area contributed by atoms with Crippen LogP contribution in [0.2, 0.25) is 0 Å². The van der Waals surface area contributed by atoms with Crippen LogP contribution in [-0.4, -0.2) is 18.5 Å². The van der Waals surface area contributed by atoms with Gasteiger partial charge >= 0.3 is 0 Å². The van der Waals surface area contributed by atoms with Crippen LogP contribution in [-0.2, 0) is 16.6 Å². The van der Waals surface area contributed by atoms with E-state index in [0.29, 0.717) is 12.0 Å². The van der Waals surface area contributed by atoms with E-state index in [2.05, 4.69) is 45.0 Å². The van der Waals surface area contributed by atoms with Gasteiger partial charge < -0.3 is 4.74 Å². The third-order valence-corrected chi connectivity index (χ3v) is 5.11. The number of hydrogen-bond acceptors (Lipinski definition) is 2. The van der Waals surface area contributed by atoms with Gasteiger partial charge in [-0.15, -0.1) is 0 Å². The molecule has 21 heavy (non-hydrogen) atoms. The maximum absolute atomic E-state index is 6.13. The molecular formula is C19H27NO. The van der Waals surface area contributed by atoms with Crippen LogP contribution in [0.15, 0.2) is 29.3 Å². The lowest BCUT2D eigenvalue weighted by atomic mass is 9.67. The molecule has 1 aliphatic heterocycles. The number of hydrogen-bond donors (Lipinski definition) is 0. The van der Waals surface area contributed by atoms with Gasteiger partial charge in [0.05, 0.1) is 11.5 Å². The molecule has 0 spiro atoms. The van der Waals surface area contributed by atoms with E-state index in [1.165, 1.54) is 36.8 Å². The van der Waals surface area contributed by atoms with Crippen molar-refractivity contribution >= 4 is 5.90 Å². The third-order valence-electron chi connectivity index (χ3n) is 5.11. The lowest BCUT2D eigenvalue weighted by molar-refractivity contribution is 0.257. The molecule has 0 fully saturated rings. The fourth-order valence-corrected chi connectivity index (χ4v) is 3.93. The van der Waals surface area contributed by atoms with Gasteiger partial charge in [0.15, 0.2) is 5.90 Å². The number of rotatable bonds is 4. The van der Waals surface area contributed by atoms with Crippen LogP contribution in [0.4, 0.5) is 0 Å². The summed E-state index contributed by atoms with van der Waals surface area (Å²) in [7, 11) is 0. The topological polar surface area (TPSA) is 21.6 Å². The van der Waals surface area contributed by atoms with Gasteiger partial charge in [-0.05, 0) is 42.7 Å². The van der Waals surface area contributed by atoms with Crippen LogP contribution < -0.4 is 0 Å². The van der Waals surface area contributed by atoms with Gasteiger partial charge in [-0.1, -0.05) is 51.5 Å². The zero-order chi connectivity index (χ0) is 14.9. The monoisotopic (exact) mass is 285 g/mol. The Kier molecular flexibility index (Phi) is 4.05. The number of aliphatic imine (C=N–C) groups is 1. The minimum atomic E-state index is 0.0350. The quantitative estimate of drug-likeness (QED) is 0.797. The first-order valence-corrected chi connectivity index (χ1v) is 8.47. The van der Waals surface area contributed by atoms with Gasteiger partial charge in [0.1, 0.15) is 6.61 Å². The Morgan fingerprint density at radius 1 is 1.33 bits per heavy atom. The summed E-state index contributed by atoms with van der Waals surface area (Å²) in [4.78, 5) is 5.00. The highest BCUT2D eigenvalue weighted by Gasteiger charge is 2.44. The van der Waals surface area contributed by atoms with Crippen LogP contribution in [0.1, 0.15) is 57.6 Å². The molecule has 0 bridgehead atoms. The predicted octanol–water partition coefficient (Wildman–Crippen LogP) is 4.51. The van der Waals surface area contributed by atoms with Crippen LogP contribution >= 0.6 is 0 Å². The van der Waals surface area contributed by atoms with Crippen molar-refractivity contribution in [2.75, 3.05) is 6.61 Å². The van der Waals surface area contributed by atoms with Gasteiger partial charge in [-0.2, -0.15) is 0 Å². The van der Waals surface area contributed by atoms with Crippen molar-refractivity contribution in [2.45, 2.75) is 64.3 Å². The van der Waals surface area contributed by atoms with Gasteiger partial charge in [-0.3, -0.25) is 0 Å². The van der Waals surface area contributed by atoms with Gasteiger partial charge in [0.25, 0.3) is 0 Å². The summed E-state index contributed by atoms with van der Waals surface area (Å²) in [5, 5.41) is 0. The van der Waals surface area contributed by atoms with Crippen LogP contribution in [0, 0.1) is 5.92 Å². The van der Waals surface area contributed by atoms with E-state index in [1.807, 2.05) is 0 Å². The second-order valence-corrected chi connectivity index (χ2v) is 6.90. The van der Waals surface area contributed by atoms with Crippen molar-refractivity contribution in [3.8, 4) is 0 Å². The fourth-order valence-electron chi connectivity index (χ4n) is 3.93. The Balaban J connectivity index is 2.04. The lowest BCUT2D eigenvalue weighted by Gasteiger charge is -2.38. The van der Waals surface area contributed by atoms with Crippen LogP contribution in [0.5, 0.6) is 0 Å². The molecule has 1 heterocycles. The molecule has 0 aromatic heterocycles. The molecule has 0 unspecified atom stereocenters. The smallest absolute Gasteiger partial charge is 0.194 e. The van der Waals surface area contributed by atoms with E-state index < -0.39 is 0 Å². The van der Waals surface area contributed by atoms with Gasteiger partial charge in [0.2, 0.25) is 0 Å². The summed E-state index contributed by atoms with van der Waals surface area (Å²) in [5.41, 5.74) is 3.01. The minimum Gasteiger partial charge on any atom is -0.478 e. The van der Waals surface area contributed by atoms with Crippen LogP contribution in [0.25, 0.3) is 0 Å². The molecule has 2 aliphatic rings. The summed E-state index contributed by atoms with van der Waals surface area (Å²) in [6, 6.07) is 9.26. The van der Waals surface area contributed by atoms with Crippen molar-refractivity contribution < 1.29 is 4.74 Å². The number of aryl methyl sites for hydroxylation is 1. The normalized spacial score (nSPS) is 28.2. The van der Waals surface area contributed by atoms with E-state index >= 15 is 0 Å². The number of ether oxygens (including phenoxy) is 1. The third kappa shape index (κ3) is 2.49. The van der Waals surface area contributed by atoms with Crippen molar-refractivity contribution in [1.82, 2.24) is 0 Å². The number of fused-ring (bicyclic) bond motifs is 1. The second kappa shape index (κ2) is 5.82. The molecule has 0 N–H and O–H groups in total. The Morgan fingerprint density at radius 2 is 2.14 bits per heavy atom. The van der Waals surface area contributed by atoms with E-state index in [4.69, 9.17) is 9.73 Å². The number of benzene rings is 1. The Bertz CT molecular complexity index is 534. The van der Waals surface area contributed by atoms with Crippen molar-refractivity contribution in [3.63, 3.8) is 0 Å². The molecule has 0 radical (unpaired) electrons. The van der Waals surface area contributed by atoms with E-state index in [9.17, 15) is 0 Å². The first kappa shape index (κ1) is 14.6. The molecule has 0 amide bonds. The standard InChI is InChI=1S/C19H27NO/c1-4-11-19(18-20-17(13-21-18)14(2)3)12-7-9-15-8-5-6-10-16(15)19/h5-6,8,10,14,17H,4,7,9,11-13H2,1-3H3/t17-,19+/m1/s1. The van der Waals surface area contributed by atoms with Gasteiger partial charge in [0, 0.05) is 0 Å². The molecule has 1 aliphatic carbocycles. The number of nitrogens with zero attached hydrogens (tertiary/aromatic N) is 1. The summed E-state index contributed by atoms with van der Waals surface area (Å²) < 4.78 is 6.13. The lowest BCUT2D eigenvalue weighted by Crippen LogP contribution is -2.39. The Hall–Kier alpha value is -1.31. The van der Waals surface area contributed by atoms with E-state index in [1.54, 1.807) is 0 Å². The predicted molar refractivity (Wildman–Crippen MR) is 88.0 cm³/mol. The molecular weight excluding hydrogens is 258 g/mol. The second-order valence-electron chi connectivity index (χ2n) is 6.90. The average molecular weight is 285 g/mol. The molecule has 2 atom stereocenters. The highest BCUT2D eigenvalue weighted by molar-refractivity contribution is 5.90. The molecule has 0 saturated carbocycles. The maximum atomic E-state index is 6.13. The highest BCUT2D eigenvalue weighted by Crippen LogP contribution is 2.43. The summed E-state index contributed by atoms with van der Waals surface area (Å²) in [6.45, 7) is 7.51. The molecule has 1 aromatic rings. The fraction of sp³-hybridized carbons (Fsp3) is 0.632. The largest absolute Gasteiger partial charge is 0.478 e. The molecule has 2 heteroatoms. The average Bonchev–Trinajstić information content (AvgIpc) is 2.98. The Labute approximate surface area is 128 Å². The summed E-state index contributed by atoms with van der Waals surface area (Å²) in [5.74, 6) is 1.58. The van der Waals surface area contributed by atoms with Crippen LogP contribution in [0.3, 0.4) is 0 Å².